The van der Waals surface area contributed by atoms with E-state index in [0.717, 1.165) is 34.9 Å². The van der Waals surface area contributed by atoms with Crippen LogP contribution in [0.5, 0.6) is 5.75 Å². The van der Waals surface area contributed by atoms with Gasteiger partial charge in [-0.1, -0.05) is 18.2 Å². The van der Waals surface area contributed by atoms with Gasteiger partial charge in [0.2, 0.25) is 0 Å². The fraction of sp³-hybridized carbons (Fsp3) is 0.267. The predicted molar refractivity (Wildman–Crippen MR) is 78.5 cm³/mol. The number of benzene rings is 1. The standard InChI is InChI=1S/C15H19N3O/c1-11-9-17-15(8-13(11)16)18(2)10-12-6-4-5-7-14(12)19-3/h4-9H,10H2,1-3H3,(H2,16,17). The number of hydrogen-bond donors (Lipinski definition) is 1. The van der Waals surface area contributed by atoms with Gasteiger partial charge in [0, 0.05) is 37.1 Å². The van der Waals surface area contributed by atoms with Gasteiger partial charge in [0.1, 0.15) is 11.6 Å². The van der Waals surface area contributed by atoms with Crippen LogP contribution in [0.15, 0.2) is 36.5 Å². The van der Waals surface area contributed by atoms with Gasteiger partial charge >= 0.3 is 0 Å². The van der Waals surface area contributed by atoms with E-state index in [-0.39, 0.29) is 0 Å². The summed E-state index contributed by atoms with van der Waals surface area (Å²) in [5.41, 5.74) is 8.79. The number of para-hydroxylation sites is 1. The first-order chi connectivity index (χ1) is 9.11. The molecule has 0 aliphatic rings. The van der Waals surface area contributed by atoms with Crippen LogP contribution in [0.25, 0.3) is 0 Å². The zero-order valence-corrected chi connectivity index (χ0v) is 11.6. The van der Waals surface area contributed by atoms with Crippen LogP contribution in [0.3, 0.4) is 0 Å². The van der Waals surface area contributed by atoms with Gasteiger partial charge in [-0.05, 0) is 18.6 Å². The van der Waals surface area contributed by atoms with E-state index in [1.807, 2.05) is 49.2 Å². The minimum absolute atomic E-state index is 0.722. The third kappa shape index (κ3) is 2.96. The minimum Gasteiger partial charge on any atom is -0.496 e. The maximum atomic E-state index is 5.92. The van der Waals surface area contributed by atoms with Crippen LogP contribution >= 0.6 is 0 Å². The van der Waals surface area contributed by atoms with Crippen molar-refractivity contribution in [2.45, 2.75) is 13.5 Å². The summed E-state index contributed by atoms with van der Waals surface area (Å²) < 4.78 is 5.35. The Morgan fingerprint density at radius 2 is 2.05 bits per heavy atom. The van der Waals surface area contributed by atoms with E-state index in [4.69, 9.17) is 10.5 Å². The largest absolute Gasteiger partial charge is 0.496 e. The molecule has 4 heteroatoms. The van der Waals surface area contributed by atoms with E-state index in [0.29, 0.717) is 0 Å². The van der Waals surface area contributed by atoms with Gasteiger partial charge < -0.3 is 15.4 Å². The molecule has 0 radical (unpaired) electrons. The van der Waals surface area contributed by atoms with E-state index in [9.17, 15) is 0 Å². The van der Waals surface area contributed by atoms with Crippen molar-refractivity contribution >= 4 is 11.5 Å². The van der Waals surface area contributed by atoms with Gasteiger partial charge in [-0.3, -0.25) is 0 Å². The summed E-state index contributed by atoms with van der Waals surface area (Å²) in [6, 6.07) is 9.87. The Morgan fingerprint density at radius 3 is 2.74 bits per heavy atom. The van der Waals surface area contributed by atoms with E-state index >= 15 is 0 Å². The number of nitrogens with zero attached hydrogens (tertiary/aromatic N) is 2. The molecule has 0 amide bonds. The zero-order chi connectivity index (χ0) is 13.8. The van der Waals surface area contributed by atoms with Crippen molar-refractivity contribution in [1.82, 2.24) is 4.98 Å². The highest BCUT2D eigenvalue weighted by Gasteiger charge is 2.08. The summed E-state index contributed by atoms with van der Waals surface area (Å²) in [6.45, 7) is 2.67. The maximum absolute atomic E-state index is 5.92. The molecule has 0 bridgehead atoms. The molecule has 0 aliphatic carbocycles. The molecular formula is C15H19N3O. The molecule has 1 aromatic heterocycles. The van der Waals surface area contributed by atoms with Crippen molar-refractivity contribution in [1.29, 1.82) is 0 Å². The molecule has 0 unspecified atom stereocenters. The second-order valence-corrected chi connectivity index (χ2v) is 4.57. The van der Waals surface area contributed by atoms with Crippen LogP contribution in [0.1, 0.15) is 11.1 Å². The molecular weight excluding hydrogens is 238 g/mol. The lowest BCUT2D eigenvalue weighted by atomic mass is 10.2. The molecule has 0 saturated heterocycles. The summed E-state index contributed by atoms with van der Waals surface area (Å²) in [4.78, 5) is 6.45. The molecule has 2 rings (SSSR count). The first kappa shape index (κ1) is 13.2. The summed E-state index contributed by atoms with van der Waals surface area (Å²) in [6.07, 6.45) is 1.80. The Morgan fingerprint density at radius 1 is 1.32 bits per heavy atom. The highest BCUT2D eigenvalue weighted by Crippen LogP contribution is 2.22. The van der Waals surface area contributed by atoms with Crippen LogP contribution in [-0.2, 0) is 6.54 Å². The lowest BCUT2D eigenvalue weighted by Crippen LogP contribution is -2.18. The monoisotopic (exact) mass is 257 g/mol. The van der Waals surface area contributed by atoms with Crippen molar-refractivity contribution in [2.75, 3.05) is 24.8 Å². The van der Waals surface area contributed by atoms with Crippen molar-refractivity contribution in [3.8, 4) is 5.75 Å². The second-order valence-electron chi connectivity index (χ2n) is 4.57. The Bertz CT molecular complexity index is 569. The Hall–Kier alpha value is -2.23. The van der Waals surface area contributed by atoms with Crippen molar-refractivity contribution in [2.24, 2.45) is 0 Å². The highest BCUT2D eigenvalue weighted by atomic mass is 16.5. The van der Waals surface area contributed by atoms with Gasteiger partial charge in [0.15, 0.2) is 0 Å². The highest BCUT2D eigenvalue weighted by molar-refractivity contribution is 5.54. The molecule has 0 fully saturated rings. The van der Waals surface area contributed by atoms with Crippen LogP contribution in [0, 0.1) is 6.92 Å². The smallest absolute Gasteiger partial charge is 0.130 e. The SMILES string of the molecule is COc1ccccc1CN(C)c1cc(N)c(C)cn1. The third-order valence-electron chi connectivity index (χ3n) is 3.12. The number of anilines is 2. The fourth-order valence-electron chi connectivity index (χ4n) is 1.91. The number of methoxy groups -OCH3 is 1. The number of aryl methyl sites for hydroxylation is 1. The quantitative estimate of drug-likeness (QED) is 0.914. The molecule has 0 saturated carbocycles. The van der Waals surface area contributed by atoms with Gasteiger partial charge in [-0.25, -0.2) is 4.98 Å². The lowest BCUT2D eigenvalue weighted by Gasteiger charge is -2.20. The Kier molecular flexibility index (Phi) is 3.90. The van der Waals surface area contributed by atoms with Gasteiger partial charge in [-0.2, -0.15) is 0 Å². The average molecular weight is 257 g/mol. The Balaban J connectivity index is 2.20. The van der Waals surface area contributed by atoms with Gasteiger partial charge in [-0.15, -0.1) is 0 Å². The number of nitrogen functional groups attached to an aromatic ring is 1. The lowest BCUT2D eigenvalue weighted by molar-refractivity contribution is 0.409. The van der Waals surface area contributed by atoms with Crippen LogP contribution < -0.4 is 15.4 Å². The first-order valence-electron chi connectivity index (χ1n) is 6.17. The number of nitrogens with two attached hydrogens (primary N) is 1. The molecule has 1 aromatic carbocycles. The van der Waals surface area contributed by atoms with Gasteiger partial charge in [0.05, 0.1) is 7.11 Å². The van der Waals surface area contributed by atoms with Crippen molar-refractivity contribution in [3.05, 3.63) is 47.7 Å². The molecule has 0 aliphatic heterocycles. The first-order valence-corrected chi connectivity index (χ1v) is 6.17. The minimum atomic E-state index is 0.722. The average Bonchev–Trinajstić information content (AvgIpc) is 2.42. The number of aromatic nitrogens is 1. The zero-order valence-electron chi connectivity index (χ0n) is 11.6. The molecule has 0 spiro atoms. The molecule has 2 aromatic rings. The third-order valence-corrected chi connectivity index (χ3v) is 3.12. The molecule has 100 valence electrons. The Labute approximate surface area is 113 Å². The summed E-state index contributed by atoms with van der Waals surface area (Å²) in [5, 5.41) is 0. The van der Waals surface area contributed by atoms with E-state index in [1.54, 1.807) is 13.3 Å². The van der Waals surface area contributed by atoms with E-state index in [1.165, 1.54) is 0 Å². The summed E-state index contributed by atoms with van der Waals surface area (Å²) >= 11 is 0. The van der Waals surface area contributed by atoms with E-state index < -0.39 is 0 Å². The second kappa shape index (κ2) is 5.61. The van der Waals surface area contributed by atoms with Crippen LogP contribution in [0.4, 0.5) is 11.5 Å². The molecule has 1 heterocycles. The number of ether oxygens (including phenoxy) is 1. The van der Waals surface area contributed by atoms with Crippen LogP contribution in [-0.4, -0.2) is 19.1 Å². The predicted octanol–water partition coefficient (Wildman–Crippen LogP) is 2.62. The van der Waals surface area contributed by atoms with E-state index in [2.05, 4.69) is 4.98 Å². The molecule has 4 nitrogen and oxygen atoms in total. The number of hydrogen-bond acceptors (Lipinski definition) is 4. The summed E-state index contributed by atoms with van der Waals surface area (Å²) in [5.74, 6) is 1.74. The summed E-state index contributed by atoms with van der Waals surface area (Å²) in [7, 11) is 3.67. The van der Waals surface area contributed by atoms with Crippen molar-refractivity contribution < 1.29 is 4.74 Å². The van der Waals surface area contributed by atoms with Gasteiger partial charge in [0.25, 0.3) is 0 Å². The molecule has 19 heavy (non-hydrogen) atoms. The topological polar surface area (TPSA) is 51.4 Å². The van der Waals surface area contributed by atoms with Crippen LogP contribution in [0.2, 0.25) is 0 Å². The van der Waals surface area contributed by atoms with Crippen molar-refractivity contribution in [3.63, 3.8) is 0 Å². The molecule has 0 atom stereocenters. The number of rotatable bonds is 4. The number of pyridine rings is 1. The fourth-order valence-corrected chi connectivity index (χ4v) is 1.91. The molecule has 2 N–H and O–H groups in total. The maximum Gasteiger partial charge on any atom is 0.130 e. The normalized spacial score (nSPS) is 10.3.